The molecule has 12 nitrogen and oxygen atoms in total. The normalized spacial score (nSPS) is 14.3. The van der Waals surface area contributed by atoms with E-state index in [-0.39, 0.29) is 38.6 Å². The van der Waals surface area contributed by atoms with Gasteiger partial charge in [-0.3, -0.25) is 19.2 Å². The first-order chi connectivity index (χ1) is 19.7. The van der Waals surface area contributed by atoms with E-state index in [1.54, 1.807) is 56.3 Å². The number of aromatic nitrogens is 4. The van der Waals surface area contributed by atoms with Gasteiger partial charge in [0.05, 0.1) is 31.2 Å². The van der Waals surface area contributed by atoms with Gasteiger partial charge in [-0.05, 0) is 54.1 Å². The SMILES string of the molecule is CCOC(=O)CC(NC(=O)[C@H](C)N1CCOc2ccccc2C1=O)C(=O)Cn1nnnc1Cc1c(Cl)cccc1Cl. The molecule has 2 atom stereocenters. The third kappa shape index (κ3) is 7.19. The molecule has 0 fully saturated rings. The van der Waals surface area contributed by atoms with Crippen LogP contribution in [0, 0.1) is 0 Å². The number of tetrazole rings is 1. The highest BCUT2D eigenvalue weighted by Crippen LogP contribution is 2.26. The van der Waals surface area contributed by atoms with E-state index >= 15 is 0 Å². The summed E-state index contributed by atoms with van der Waals surface area (Å²) in [7, 11) is 0. The lowest BCUT2D eigenvalue weighted by atomic mass is 10.1. The van der Waals surface area contributed by atoms with E-state index in [4.69, 9.17) is 32.7 Å². The molecule has 0 radical (unpaired) electrons. The molecule has 3 aromatic rings. The van der Waals surface area contributed by atoms with Gasteiger partial charge in [0.2, 0.25) is 5.91 Å². The van der Waals surface area contributed by atoms with Crippen molar-refractivity contribution in [1.29, 1.82) is 0 Å². The lowest BCUT2D eigenvalue weighted by Gasteiger charge is -2.28. The molecule has 1 N–H and O–H groups in total. The molecule has 1 aromatic heterocycles. The van der Waals surface area contributed by atoms with E-state index in [9.17, 15) is 19.2 Å². The first kappa shape index (κ1) is 29.9. The summed E-state index contributed by atoms with van der Waals surface area (Å²) in [5.41, 5.74) is 0.908. The highest BCUT2D eigenvalue weighted by Gasteiger charge is 2.33. The number of hydrogen-bond acceptors (Lipinski definition) is 9. The molecular weight excluding hydrogens is 575 g/mol. The number of halogens is 2. The largest absolute Gasteiger partial charge is 0.491 e. The van der Waals surface area contributed by atoms with Crippen molar-refractivity contribution in [2.45, 2.75) is 45.3 Å². The number of ketones is 1. The van der Waals surface area contributed by atoms with Gasteiger partial charge in [-0.2, -0.15) is 0 Å². The van der Waals surface area contributed by atoms with E-state index in [2.05, 4.69) is 20.8 Å². The van der Waals surface area contributed by atoms with Crippen LogP contribution in [0.3, 0.4) is 0 Å². The average molecular weight is 603 g/mol. The van der Waals surface area contributed by atoms with Crippen LogP contribution in [-0.4, -0.2) is 80.5 Å². The standard InChI is InChI=1S/C27H28Cl2N6O6/c1-3-40-25(37)14-21(22(36)15-35-24(31-32-33-35)13-18-19(28)8-6-9-20(18)29)30-26(38)16(2)34-11-12-41-23-10-5-4-7-17(23)27(34)39/h4-10,16,21H,3,11-15H2,1-2H3,(H,30,38)/t16-,21?/m0/s1. The maximum Gasteiger partial charge on any atom is 0.308 e. The highest BCUT2D eigenvalue weighted by atomic mass is 35.5. The Morgan fingerprint density at radius 3 is 2.59 bits per heavy atom. The number of para-hydroxylation sites is 1. The Hall–Kier alpha value is -4.03. The molecule has 4 rings (SSSR count). The van der Waals surface area contributed by atoms with Crippen molar-refractivity contribution < 1.29 is 28.7 Å². The summed E-state index contributed by atoms with van der Waals surface area (Å²) in [6, 6.07) is 9.57. The second-order valence-electron chi connectivity index (χ2n) is 9.19. The molecule has 0 aliphatic carbocycles. The third-order valence-electron chi connectivity index (χ3n) is 6.50. The molecule has 216 valence electrons. The summed E-state index contributed by atoms with van der Waals surface area (Å²) in [4.78, 5) is 53.6. The minimum atomic E-state index is -1.27. The van der Waals surface area contributed by atoms with Crippen LogP contribution in [0.15, 0.2) is 42.5 Å². The monoisotopic (exact) mass is 602 g/mol. The fraction of sp³-hybridized carbons (Fsp3) is 0.370. The average Bonchev–Trinajstić information content (AvgIpc) is 3.31. The molecular formula is C27H28Cl2N6O6. The van der Waals surface area contributed by atoms with Crippen molar-refractivity contribution >= 4 is 46.8 Å². The Labute approximate surface area is 245 Å². The summed E-state index contributed by atoms with van der Waals surface area (Å²) < 4.78 is 11.9. The van der Waals surface area contributed by atoms with Crippen molar-refractivity contribution in [2.24, 2.45) is 0 Å². The van der Waals surface area contributed by atoms with Gasteiger partial charge in [0, 0.05) is 16.5 Å². The first-order valence-corrected chi connectivity index (χ1v) is 13.6. The molecule has 2 amide bonds. The number of hydrogen-bond donors (Lipinski definition) is 1. The van der Waals surface area contributed by atoms with Gasteiger partial charge in [-0.25, -0.2) is 4.68 Å². The van der Waals surface area contributed by atoms with Crippen molar-refractivity contribution in [3.05, 3.63) is 69.5 Å². The van der Waals surface area contributed by atoms with E-state index in [0.717, 1.165) is 0 Å². The number of carbonyl (C=O) groups excluding carboxylic acids is 4. The summed E-state index contributed by atoms with van der Waals surface area (Å²) in [6.07, 6.45) is -0.274. The van der Waals surface area contributed by atoms with Crippen LogP contribution < -0.4 is 10.1 Å². The van der Waals surface area contributed by atoms with E-state index in [0.29, 0.717) is 32.7 Å². The summed E-state index contributed by atoms with van der Waals surface area (Å²) >= 11 is 12.6. The Bertz CT molecular complexity index is 1430. The van der Waals surface area contributed by atoms with Crippen LogP contribution in [0.25, 0.3) is 0 Å². The number of amides is 2. The van der Waals surface area contributed by atoms with Crippen molar-refractivity contribution in [1.82, 2.24) is 30.4 Å². The lowest BCUT2D eigenvalue weighted by Crippen LogP contribution is -2.53. The van der Waals surface area contributed by atoms with Gasteiger partial charge >= 0.3 is 5.97 Å². The topological polar surface area (TPSA) is 146 Å². The molecule has 0 saturated heterocycles. The second kappa shape index (κ2) is 13.6. The molecule has 2 aromatic carbocycles. The van der Waals surface area contributed by atoms with Gasteiger partial charge in [0.1, 0.15) is 24.9 Å². The number of Topliss-reactive ketones (excluding diaryl/α,β-unsaturated/α-hetero) is 1. The van der Waals surface area contributed by atoms with Crippen molar-refractivity contribution in [3.63, 3.8) is 0 Å². The fourth-order valence-corrected chi connectivity index (χ4v) is 4.84. The molecule has 0 bridgehead atoms. The Morgan fingerprint density at radius 1 is 1.12 bits per heavy atom. The summed E-state index contributed by atoms with van der Waals surface area (Å²) in [6.45, 7) is 3.25. The minimum Gasteiger partial charge on any atom is -0.491 e. The fourth-order valence-electron chi connectivity index (χ4n) is 4.30. The smallest absolute Gasteiger partial charge is 0.308 e. The van der Waals surface area contributed by atoms with E-state index in [1.165, 1.54) is 9.58 Å². The Morgan fingerprint density at radius 2 is 1.85 bits per heavy atom. The van der Waals surface area contributed by atoms with E-state index in [1.807, 2.05) is 0 Å². The number of rotatable bonds is 11. The number of esters is 1. The molecule has 1 aliphatic rings. The molecule has 1 aliphatic heterocycles. The number of carbonyl (C=O) groups is 4. The third-order valence-corrected chi connectivity index (χ3v) is 7.21. The number of benzene rings is 2. The molecule has 0 saturated carbocycles. The van der Waals surface area contributed by atoms with Crippen LogP contribution in [-0.2, 0) is 32.1 Å². The van der Waals surface area contributed by atoms with Crippen LogP contribution in [0.5, 0.6) is 5.75 Å². The second-order valence-corrected chi connectivity index (χ2v) is 10.00. The Balaban J connectivity index is 1.50. The first-order valence-electron chi connectivity index (χ1n) is 12.9. The zero-order valence-corrected chi connectivity index (χ0v) is 23.9. The minimum absolute atomic E-state index is 0.0987. The van der Waals surface area contributed by atoms with Crippen LogP contribution in [0.4, 0.5) is 0 Å². The molecule has 2 heterocycles. The molecule has 0 spiro atoms. The van der Waals surface area contributed by atoms with Gasteiger partial charge in [-0.1, -0.05) is 41.4 Å². The van der Waals surface area contributed by atoms with E-state index < -0.39 is 36.2 Å². The number of nitrogens with zero attached hydrogens (tertiary/aromatic N) is 5. The lowest BCUT2D eigenvalue weighted by molar-refractivity contribution is -0.145. The Kier molecular flexibility index (Phi) is 9.90. The zero-order chi connectivity index (χ0) is 29.5. The summed E-state index contributed by atoms with van der Waals surface area (Å²) in [5.74, 6) is -1.50. The zero-order valence-electron chi connectivity index (χ0n) is 22.4. The van der Waals surface area contributed by atoms with Crippen LogP contribution in [0.1, 0.15) is 42.0 Å². The maximum atomic E-state index is 13.4. The number of ether oxygens (including phenoxy) is 2. The van der Waals surface area contributed by atoms with Crippen LogP contribution in [0.2, 0.25) is 10.0 Å². The van der Waals surface area contributed by atoms with Gasteiger partial charge < -0.3 is 19.7 Å². The van der Waals surface area contributed by atoms with Gasteiger partial charge in [-0.15, -0.1) is 5.10 Å². The van der Waals surface area contributed by atoms with Crippen molar-refractivity contribution in [2.75, 3.05) is 19.8 Å². The van der Waals surface area contributed by atoms with Gasteiger partial charge in [0.25, 0.3) is 5.91 Å². The predicted molar refractivity (Wildman–Crippen MR) is 148 cm³/mol. The quantitative estimate of drug-likeness (QED) is 0.327. The molecule has 14 heteroatoms. The van der Waals surface area contributed by atoms with Crippen LogP contribution >= 0.6 is 23.2 Å². The predicted octanol–water partition coefficient (Wildman–Crippen LogP) is 2.50. The van der Waals surface area contributed by atoms with Gasteiger partial charge in [0.15, 0.2) is 11.6 Å². The number of nitrogens with one attached hydrogen (secondary N) is 1. The molecule has 1 unspecified atom stereocenters. The highest BCUT2D eigenvalue weighted by molar-refractivity contribution is 6.36. The van der Waals surface area contributed by atoms with Crippen molar-refractivity contribution in [3.8, 4) is 5.75 Å². The number of fused-ring (bicyclic) bond motifs is 1. The summed E-state index contributed by atoms with van der Waals surface area (Å²) in [5, 5.41) is 15.0. The maximum absolute atomic E-state index is 13.4. The molecule has 41 heavy (non-hydrogen) atoms.